The highest BCUT2D eigenvalue weighted by Crippen LogP contribution is 2.14. The average Bonchev–Trinajstić information content (AvgIpc) is 2.25. The zero-order valence-electron chi connectivity index (χ0n) is 9.15. The largest absolute Gasteiger partial charge is 0.411 e. The van der Waals surface area contributed by atoms with E-state index in [4.69, 9.17) is 0 Å². The fourth-order valence-electron chi connectivity index (χ4n) is 1.30. The normalized spacial score (nSPS) is 13.6. The zero-order valence-corrected chi connectivity index (χ0v) is 9.15. The second-order valence-electron chi connectivity index (χ2n) is 3.68. The van der Waals surface area contributed by atoms with E-state index in [-0.39, 0.29) is 13.0 Å². The van der Waals surface area contributed by atoms with Gasteiger partial charge < -0.3 is 9.84 Å². The molecule has 1 N–H and O–H groups in total. The first kappa shape index (κ1) is 13.9. The second-order valence-corrected chi connectivity index (χ2v) is 3.68. The van der Waals surface area contributed by atoms with Gasteiger partial charge in [-0.3, -0.25) is 4.98 Å². The van der Waals surface area contributed by atoms with Crippen LogP contribution in [0.1, 0.15) is 12.0 Å². The van der Waals surface area contributed by atoms with Gasteiger partial charge in [0.2, 0.25) is 0 Å². The number of aliphatic hydroxyl groups excluding tert-OH is 1. The van der Waals surface area contributed by atoms with E-state index in [0.717, 1.165) is 5.56 Å². The summed E-state index contributed by atoms with van der Waals surface area (Å²) < 4.78 is 39.6. The molecule has 1 aromatic heterocycles. The van der Waals surface area contributed by atoms with E-state index in [0.29, 0.717) is 6.42 Å². The molecule has 0 spiro atoms. The van der Waals surface area contributed by atoms with Crippen LogP contribution in [-0.2, 0) is 11.2 Å². The molecule has 1 rings (SSSR count). The Hall–Kier alpha value is -1.14. The molecule has 0 radical (unpaired) electrons. The van der Waals surface area contributed by atoms with Gasteiger partial charge in [-0.25, -0.2) is 0 Å². The number of pyridine rings is 1. The number of ether oxygens (including phenoxy) is 1. The van der Waals surface area contributed by atoms with Crippen molar-refractivity contribution in [1.82, 2.24) is 4.98 Å². The van der Waals surface area contributed by atoms with Crippen LogP contribution < -0.4 is 0 Å². The Labute approximate surface area is 97.2 Å². The van der Waals surface area contributed by atoms with Gasteiger partial charge in [0.1, 0.15) is 6.61 Å². The predicted molar refractivity (Wildman–Crippen MR) is 55.4 cm³/mol. The van der Waals surface area contributed by atoms with Crippen molar-refractivity contribution >= 4 is 0 Å². The van der Waals surface area contributed by atoms with Crippen LogP contribution in [0, 0.1) is 0 Å². The molecule has 0 saturated heterocycles. The van der Waals surface area contributed by atoms with Crippen molar-refractivity contribution in [1.29, 1.82) is 0 Å². The van der Waals surface area contributed by atoms with Gasteiger partial charge >= 0.3 is 6.18 Å². The number of hydrogen-bond acceptors (Lipinski definition) is 3. The maximum absolute atomic E-state index is 11.7. The lowest BCUT2D eigenvalue weighted by Gasteiger charge is -2.11. The molecule has 0 aliphatic carbocycles. The predicted octanol–water partition coefficient (Wildman–Crippen LogP) is 1.95. The summed E-state index contributed by atoms with van der Waals surface area (Å²) in [5.74, 6) is 0. The average molecular weight is 249 g/mol. The summed E-state index contributed by atoms with van der Waals surface area (Å²) in [6.07, 6.45) is -1.27. The summed E-state index contributed by atoms with van der Waals surface area (Å²) in [4.78, 5) is 3.88. The van der Waals surface area contributed by atoms with Crippen molar-refractivity contribution in [2.45, 2.75) is 25.1 Å². The molecule has 0 bridgehead atoms. The molecule has 0 aromatic carbocycles. The van der Waals surface area contributed by atoms with Gasteiger partial charge in [0.05, 0.1) is 6.10 Å². The highest BCUT2D eigenvalue weighted by molar-refractivity contribution is 5.09. The fourth-order valence-corrected chi connectivity index (χ4v) is 1.30. The third-order valence-electron chi connectivity index (χ3n) is 2.06. The minimum absolute atomic E-state index is 0.110. The van der Waals surface area contributed by atoms with Crippen molar-refractivity contribution in [3.05, 3.63) is 30.1 Å². The Morgan fingerprint density at radius 2 is 2.18 bits per heavy atom. The van der Waals surface area contributed by atoms with Gasteiger partial charge in [-0.15, -0.1) is 0 Å². The molecule has 96 valence electrons. The summed E-state index contributed by atoms with van der Waals surface area (Å²) >= 11 is 0. The Morgan fingerprint density at radius 3 is 2.76 bits per heavy atom. The molecule has 0 amide bonds. The molecule has 17 heavy (non-hydrogen) atoms. The van der Waals surface area contributed by atoms with E-state index in [9.17, 15) is 18.3 Å². The van der Waals surface area contributed by atoms with Gasteiger partial charge in [-0.2, -0.15) is 13.2 Å². The molecule has 0 aliphatic heterocycles. The van der Waals surface area contributed by atoms with Crippen molar-refractivity contribution < 1.29 is 23.0 Å². The van der Waals surface area contributed by atoms with Crippen LogP contribution >= 0.6 is 0 Å². The van der Waals surface area contributed by atoms with E-state index < -0.39 is 18.9 Å². The quantitative estimate of drug-likeness (QED) is 0.783. The van der Waals surface area contributed by atoms with Gasteiger partial charge in [0, 0.05) is 19.0 Å². The molecule has 3 nitrogen and oxygen atoms in total. The molecule has 0 fully saturated rings. The molecular formula is C11H14F3NO2. The first-order chi connectivity index (χ1) is 7.97. The van der Waals surface area contributed by atoms with Crippen LogP contribution in [-0.4, -0.2) is 35.6 Å². The lowest BCUT2D eigenvalue weighted by atomic mass is 10.1. The Balaban J connectivity index is 2.16. The molecular weight excluding hydrogens is 235 g/mol. The Bertz CT molecular complexity index is 316. The van der Waals surface area contributed by atoms with Crippen LogP contribution in [0.4, 0.5) is 13.2 Å². The smallest absolute Gasteiger partial charge is 0.393 e. The van der Waals surface area contributed by atoms with Crippen molar-refractivity contribution in [2.24, 2.45) is 0 Å². The van der Waals surface area contributed by atoms with Crippen molar-refractivity contribution in [2.75, 3.05) is 13.2 Å². The monoisotopic (exact) mass is 249 g/mol. The first-order valence-electron chi connectivity index (χ1n) is 5.19. The number of nitrogens with zero attached hydrogens (tertiary/aromatic N) is 1. The summed E-state index contributed by atoms with van der Waals surface area (Å²) in [5, 5.41) is 9.54. The van der Waals surface area contributed by atoms with Gasteiger partial charge in [-0.1, -0.05) is 6.07 Å². The molecule has 1 aromatic rings. The number of halogens is 3. The second kappa shape index (κ2) is 6.56. The van der Waals surface area contributed by atoms with Gasteiger partial charge in [-0.05, 0) is 24.5 Å². The molecule has 6 heteroatoms. The highest BCUT2D eigenvalue weighted by Gasteiger charge is 2.27. The van der Waals surface area contributed by atoms with Crippen LogP contribution in [0.2, 0.25) is 0 Å². The Morgan fingerprint density at radius 1 is 1.41 bits per heavy atom. The number of aromatic nitrogens is 1. The third-order valence-corrected chi connectivity index (χ3v) is 2.06. The highest BCUT2D eigenvalue weighted by atomic mass is 19.4. The third kappa shape index (κ3) is 6.91. The minimum Gasteiger partial charge on any atom is -0.393 e. The molecule has 1 unspecified atom stereocenters. The van der Waals surface area contributed by atoms with Crippen LogP contribution in [0.5, 0.6) is 0 Å². The fraction of sp³-hybridized carbons (Fsp3) is 0.545. The summed E-state index contributed by atoms with van der Waals surface area (Å²) in [5.41, 5.74) is 0.843. The van der Waals surface area contributed by atoms with Crippen LogP contribution in [0.15, 0.2) is 24.5 Å². The molecule has 0 saturated carbocycles. The maximum Gasteiger partial charge on any atom is 0.411 e. The summed E-state index contributed by atoms with van der Waals surface area (Å²) in [7, 11) is 0. The molecule has 1 heterocycles. The van der Waals surface area contributed by atoms with Gasteiger partial charge in [0.15, 0.2) is 0 Å². The van der Waals surface area contributed by atoms with Crippen LogP contribution in [0.3, 0.4) is 0 Å². The number of hydrogen-bond donors (Lipinski definition) is 1. The number of aliphatic hydroxyl groups is 1. The molecule has 0 aliphatic rings. The van der Waals surface area contributed by atoms with E-state index in [2.05, 4.69) is 9.72 Å². The SMILES string of the molecule is OC(CCOCC(F)(F)F)Cc1cccnc1. The number of rotatable bonds is 6. The summed E-state index contributed by atoms with van der Waals surface area (Å²) in [6, 6.07) is 3.54. The van der Waals surface area contributed by atoms with Crippen molar-refractivity contribution in [3.8, 4) is 0 Å². The first-order valence-corrected chi connectivity index (χ1v) is 5.19. The lowest BCUT2D eigenvalue weighted by Crippen LogP contribution is -2.20. The van der Waals surface area contributed by atoms with E-state index in [1.807, 2.05) is 0 Å². The Kier molecular flexibility index (Phi) is 5.37. The van der Waals surface area contributed by atoms with E-state index in [1.165, 1.54) is 0 Å². The maximum atomic E-state index is 11.7. The molecule has 1 atom stereocenters. The lowest BCUT2D eigenvalue weighted by molar-refractivity contribution is -0.175. The topological polar surface area (TPSA) is 42.4 Å². The number of alkyl halides is 3. The van der Waals surface area contributed by atoms with Crippen LogP contribution in [0.25, 0.3) is 0 Å². The standard InChI is InChI=1S/C11H14F3NO2/c12-11(13,14)8-17-5-3-10(16)6-9-2-1-4-15-7-9/h1-2,4,7,10,16H,3,5-6,8H2. The van der Waals surface area contributed by atoms with E-state index >= 15 is 0 Å². The van der Waals surface area contributed by atoms with Crippen molar-refractivity contribution in [3.63, 3.8) is 0 Å². The minimum atomic E-state index is -4.31. The summed E-state index contributed by atoms with van der Waals surface area (Å²) in [6.45, 7) is -1.38. The van der Waals surface area contributed by atoms with E-state index in [1.54, 1.807) is 24.5 Å². The zero-order chi connectivity index (χ0) is 12.7. The van der Waals surface area contributed by atoms with Gasteiger partial charge in [0.25, 0.3) is 0 Å².